The van der Waals surface area contributed by atoms with Crippen LogP contribution in [-0.2, 0) is 32.6 Å². The van der Waals surface area contributed by atoms with Crippen LogP contribution in [0.15, 0.2) is 112 Å². The number of nitrogens with one attached hydrogen (secondary N) is 1. The summed E-state index contributed by atoms with van der Waals surface area (Å²) in [4.78, 5) is 29.9. The Bertz CT molecular complexity index is 1690. The molecule has 4 aromatic carbocycles. The molecular weight excluding hydrogens is 697 g/mol. The molecule has 0 spiro atoms. The van der Waals surface area contributed by atoms with E-state index in [1.165, 1.54) is 17.0 Å². The zero-order valence-corrected chi connectivity index (χ0v) is 28.8. The van der Waals surface area contributed by atoms with Crippen molar-refractivity contribution < 1.29 is 18.0 Å². The average molecular weight is 732 g/mol. The van der Waals surface area contributed by atoms with E-state index < -0.39 is 28.5 Å². The molecule has 0 aliphatic rings. The van der Waals surface area contributed by atoms with Crippen molar-refractivity contribution in [2.75, 3.05) is 10.8 Å². The summed E-state index contributed by atoms with van der Waals surface area (Å²) in [6.07, 6.45) is 0.862. The highest BCUT2D eigenvalue weighted by Crippen LogP contribution is 2.29. The maximum atomic E-state index is 14.5. The molecule has 0 aliphatic heterocycles. The third-order valence-electron chi connectivity index (χ3n) is 7.39. The SMILES string of the molecule is CC[C@H](C)NC(=O)[C@H](Cc1ccccc1)N(Cc1c(Cl)cccc1Cl)C(=O)CN(c1ccc(Br)cc1)S(=O)(=O)c1ccccc1. The molecule has 0 heterocycles. The standard InChI is InChI=1S/C34H34BrCl2N3O4S/c1-3-24(2)38-34(42)32(21-25-11-6-4-7-12-25)39(22-29-30(36)15-10-16-31(29)37)33(41)23-40(27-19-17-26(35)18-20-27)45(43,44)28-13-8-5-9-14-28/h4-20,24,32H,3,21-23H2,1-2H3,(H,38,42)/t24-,32-/m0/s1. The molecule has 0 bridgehead atoms. The number of sulfonamides is 1. The second kappa shape index (κ2) is 15.8. The van der Waals surface area contributed by atoms with E-state index in [2.05, 4.69) is 21.2 Å². The number of rotatable bonds is 13. The van der Waals surface area contributed by atoms with E-state index in [1.807, 2.05) is 44.2 Å². The van der Waals surface area contributed by atoms with E-state index in [0.29, 0.717) is 22.0 Å². The van der Waals surface area contributed by atoms with Gasteiger partial charge in [-0.1, -0.05) is 101 Å². The van der Waals surface area contributed by atoms with Gasteiger partial charge in [-0.15, -0.1) is 0 Å². The average Bonchev–Trinajstić information content (AvgIpc) is 3.04. The third kappa shape index (κ3) is 8.88. The Kier molecular flexibility index (Phi) is 12.1. The first kappa shape index (κ1) is 34.5. The molecule has 1 N–H and O–H groups in total. The smallest absolute Gasteiger partial charge is 0.264 e. The highest BCUT2D eigenvalue weighted by atomic mass is 79.9. The molecule has 0 fully saturated rings. The first-order chi connectivity index (χ1) is 21.5. The third-order valence-corrected chi connectivity index (χ3v) is 10.4. The second-order valence-corrected chi connectivity index (χ2v) is 14.1. The summed E-state index contributed by atoms with van der Waals surface area (Å²) in [5, 5.41) is 3.66. The first-order valence-electron chi connectivity index (χ1n) is 14.4. The van der Waals surface area contributed by atoms with Gasteiger partial charge in [0.05, 0.1) is 10.6 Å². The van der Waals surface area contributed by atoms with Gasteiger partial charge in [0.1, 0.15) is 12.6 Å². The van der Waals surface area contributed by atoms with Crippen LogP contribution in [0.1, 0.15) is 31.4 Å². The molecule has 2 amide bonds. The number of hydrogen-bond acceptors (Lipinski definition) is 4. The van der Waals surface area contributed by atoms with Crippen molar-refractivity contribution in [3.8, 4) is 0 Å². The second-order valence-electron chi connectivity index (χ2n) is 10.5. The number of carbonyl (C=O) groups excluding carboxylic acids is 2. The van der Waals surface area contributed by atoms with E-state index in [-0.39, 0.29) is 35.5 Å². The van der Waals surface area contributed by atoms with Crippen LogP contribution < -0.4 is 9.62 Å². The Morgan fingerprint density at radius 2 is 1.42 bits per heavy atom. The highest BCUT2D eigenvalue weighted by Gasteiger charge is 2.35. The number of anilines is 1. The Labute approximate surface area is 283 Å². The predicted molar refractivity (Wildman–Crippen MR) is 184 cm³/mol. The van der Waals surface area contributed by atoms with Crippen molar-refractivity contribution >= 4 is 66.7 Å². The molecule has 7 nitrogen and oxygen atoms in total. The Hall–Kier alpha value is -3.37. The fourth-order valence-corrected chi connectivity index (χ4v) is 6.92. The van der Waals surface area contributed by atoms with E-state index >= 15 is 0 Å². The minimum absolute atomic E-state index is 0.0248. The Balaban J connectivity index is 1.83. The number of amides is 2. The number of hydrogen-bond donors (Lipinski definition) is 1. The number of nitrogens with zero attached hydrogens (tertiary/aromatic N) is 2. The lowest BCUT2D eigenvalue weighted by Crippen LogP contribution is -2.54. The summed E-state index contributed by atoms with van der Waals surface area (Å²) in [5.41, 5.74) is 1.56. The summed E-state index contributed by atoms with van der Waals surface area (Å²) in [7, 11) is -4.19. The molecule has 0 saturated carbocycles. The highest BCUT2D eigenvalue weighted by molar-refractivity contribution is 9.10. The summed E-state index contributed by atoms with van der Waals surface area (Å²) < 4.78 is 29.9. The van der Waals surface area contributed by atoms with Crippen LogP contribution in [0.5, 0.6) is 0 Å². The van der Waals surface area contributed by atoms with Crippen molar-refractivity contribution in [2.24, 2.45) is 0 Å². The lowest BCUT2D eigenvalue weighted by Gasteiger charge is -2.34. The maximum Gasteiger partial charge on any atom is 0.264 e. The lowest BCUT2D eigenvalue weighted by molar-refractivity contribution is -0.140. The molecule has 0 aromatic heterocycles. The van der Waals surface area contributed by atoms with Crippen molar-refractivity contribution in [3.63, 3.8) is 0 Å². The minimum atomic E-state index is -4.19. The monoisotopic (exact) mass is 729 g/mol. The van der Waals surface area contributed by atoms with E-state index in [1.54, 1.807) is 60.7 Å². The summed E-state index contributed by atoms with van der Waals surface area (Å²) in [6, 6.07) is 27.7. The van der Waals surface area contributed by atoms with Crippen molar-refractivity contribution in [1.82, 2.24) is 10.2 Å². The minimum Gasteiger partial charge on any atom is -0.352 e. The van der Waals surface area contributed by atoms with Gasteiger partial charge in [-0.25, -0.2) is 8.42 Å². The first-order valence-corrected chi connectivity index (χ1v) is 17.4. The predicted octanol–water partition coefficient (Wildman–Crippen LogP) is 7.51. The van der Waals surface area contributed by atoms with Gasteiger partial charge in [0.2, 0.25) is 11.8 Å². The van der Waals surface area contributed by atoms with Gasteiger partial charge < -0.3 is 10.2 Å². The van der Waals surface area contributed by atoms with Crippen molar-refractivity contribution in [3.05, 3.63) is 129 Å². The largest absolute Gasteiger partial charge is 0.352 e. The molecule has 45 heavy (non-hydrogen) atoms. The van der Waals surface area contributed by atoms with Crippen LogP contribution in [0.2, 0.25) is 10.0 Å². The van der Waals surface area contributed by atoms with Crippen LogP contribution in [0.3, 0.4) is 0 Å². The normalized spacial score (nSPS) is 12.6. The van der Waals surface area contributed by atoms with Crippen LogP contribution in [0.4, 0.5) is 5.69 Å². The van der Waals surface area contributed by atoms with Gasteiger partial charge in [0, 0.05) is 39.1 Å². The van der Waals surface area contributed by atoms with Crippen molar-refractivity contribution in [1.29, 1.82) is 0 Å². The van der Waals surface area contributed by atoms with Crippen LogP contribution in [0.25, 0.3) is 0 Å². The molecule has 0 aliphatic carbocycles. The Morgan fingerprint density at radius 3 is 2.00 bits per heavy atom. The van der Waals surface area contributed by atoms with Crippen LogP contribution in [0, 0.1) is 0 Å². The molecule has 11 heteroatoms. The molecule has 0 radical (unpaired) electrons. The maximum absolute atomic E-state index is 14.5. The quantitative estimate of drug-likeness (QED) is 0.154. The van der Waals surface area contributed by atoms with Crippen LogP contribution >= 0.6 is 39.1 Å². The van der Waals surface area contributed by atoms with E-state index in [0.717, 1.165) is 14.3 Å². The number of benzene rings is 4. The molecule has 0 unspecified atom stereocenters. The molecule has 4 aromatic rings. The van der Waals surface area contributed by atoms with Crippen molar-refractivity contribution in [2.45, 2.75) is 50.2 Å². The lowest BCUT2D eigenvalue weighted by atomic mass is 10.0. The molecule has 4 rings (SSSR count). The zero-order valence-electron chi connectivity index (χ0n) is 24.9. The summed E-state index contributed by atoms with van der Waals surface area (Å²) in [5.74, 6) is -0.973. The number of halogens is 3. The summed E-state index contributed by atoms with van der Waals surface area (Å²) in [6.45, 7) is 3.13. The van der Waals surface area contributed by atoms with E-state index in [4.69, 9.17) is 23.2 Å². The van der Waals surface area contributed by atoms with Gasteiger partial charge in [-0.05, 0) is 67.4 Å². The Morgan fingerprint density at radius 1 is 0.844 bits per heavy atom. The fraction of sp³-hybridized carbons (Fsp3) is 0.235. The molecular formula is C34H34BrCl2N3O4S. The number of carbonyl (C=O) groups is 2. The van der Waals surface area contributed by atoms with E-state index in [9.17, 15) is 18.0 Å². The van der Waals surface area contributed by atoms with Gasteiger partial charge in [-0.2, -0.15) is 0 Å². The molecule has 2 atom stereocenters. The van der Waals surface area contributed by atoms with Crippen LogP contribution in [-0.4, -0.2) is 43.8 Å². The summed E-state index contributed by atoms with van der Waals surface area (Å²) >= 11 is 16.5. The van der Waals surface area contributed by atoms with Gasteiger partial charge in [0.15, 0.2) is 0 Å². The fourth-order valence-electron chi connectivity index (χ4n) is 4.70. The van der Waals surface area contributed by atoms with Gasteiger partial charge >= 0.3 is 0 Å². The van der Waals surface area contributed by atoms with Gasteiger partial charge in [0.25, 0.3) is 10.0 Å². The van der Waals surface area contributed by atoms with Gasteiger partial charge in [-0.3, -0.25) is 13.9 Å². The topological polar surface area (TPSA) is 86.8 Å². The molecule has 0 saturated heterocycles. The molecule has 236 valence electrons. The zero-order chi connectivity index (χ0) is 32.6.